The molecule has 0 amide bonds. The molecule has 0 unspecified atom stereocenters. The molecule has 1 aliphatic rings. The summed E-state index contributed by atoms with van der Waals surface area (Å²) in [6.07, 6.45) is 0.824. The van der Waals surface area contributed by atoms with E-state index in [1.165, 1.54) is 0 Å². The molecule has 1 aromatic carbocycles. The molecule has 0 atom stereocenters. The largest absolute Gasteiger partial charge is 0.299 e. The third-order valence-electron chi connectivity index (χ3n) is 2.69. The lowest BCUT2D eigenvalue weighted by molar-refractivity contribution is -0.117. The van der Waals surface area contributed by atoms with Gasteiger partial charge >= 0.3 is 0 Å². The molecular weight excluding hydrogens is 212 g/mol. The fourth-order valence-electron chi connectivity index (χ4n) is 1.79. The van der Waals surface area contributed by atoms with E-state index in [-0.39, 0.29) is 11.5 Å². The summed E-state index contributed by atoms with van der Waals surface area (Å²) < 4.78 is 23.2. The van der Waals surface area contributed by atoms with Gasteiger partial charge in [-0.05, 0) is 23.3 Å². The number of hydrogen-bond acceptors (Lipinski definition) is 3. The minimum Gasteiger partial charge on any atom is -0.299 e. The molecule has 0 aromatic heterocycles. The van der Waals surface area contributed by atoms with Crippen LogP contribution in [0.1, 0.15) is 18.1 Å². The Morgan fingerprint density at radius 1 is 1.20 bits per heavy atom. The number of carbonyl (C=O) groups is 1. The standard InChI is InChI=1S/C11H12O3S/c1-2-15(13,14)11-4-3-8-5-10(12)6-9(8)7-11/h3-4,7H,2,5-6H2,1H3. The summed E-state index contributed by atoms with van der Waals surface area (Å²) in [5.74, 6) is 0.260. The predicted molar refractivity (Wildman–Crippen MR) is 56.6 cm³/mol. The second-order valence-corrected chi connectivity index (χ2v) is 6.00. The summed E-state index contributed by atoms with van der Waals surface area (Å²) >= 11 is 0. The lowest BCUT2D eigenvalue weighted by atomic mass is 10.1. The first-order valence-corrected chi connectivity index (χ1v) is 6.54. The van der Waals surface area contributed by atoms with Gasteiger partial charge < -0.3 is 0 Å². The highest BCUT2D eigenvalue weighted by Gasteiger charge is 2.21. The monoisotopic (exact) mass is 224 g/mol. The zero-order chi connectivity index (χ0) is 11.1. The lowest BCUT2D eigenvalue weighted by Gasteiger charge is -2.03. The van der Waals surface area contributed by atoms with Crippen molar-refractivity contribution in [3.8, 4) is 0 Å². The van der Waals surface area contributed by atoms with Crippen molar-refractivity contribution in [2.75, 3.05) is 5.75 Å². The number of carbonyl (C=O) groups excluding carboxylic acids is 1. The summed E-state index contributed by atoms with van der Waals surface area (Å²) in [7, 11) is -3.15. The second kappa shape index (κ2) is 3.45. The number of rotatable bonds is 2. The van der Waals surface area contributed by atoms with Gasteiger partial charge in [-0.3, -0.25) is 4.79 Å². The summed E-state index contributed by atoms with van der Waals surface area (Å²) in [4.78, 5) is 11.5. The topological polar surface area (TPSA) is 51.2 Å². The Bertz CT molecular complexity index is 515. The van der Waals surface area contributed by atoms with Crippen LogP contribution >= 0.6 is 0 Å². The van der Waals surface area contributed by atoms with Gasteiger partial charge in [0.05, 0.1) is 10.6 Å². The molecule has 0 heterocycles. The molecule has 0 aliphatic heterocycles. The van der Waals surface area contributed by atoms with E-state index >= 15 is 0 Å². The zero-order valence-electron chi connectivity index (χ0n) is 8.49. The maximum atomic E-state index is 11.6. The van der Waals surface area contributed by atoms with E-state index in [9.17, 15) is 13.2 Å². The SMILES string of the molecule is CCS(=O)(=O)c1ccc2c(c1)CC(=O)C2. The van der Waals surface area contributed by atoms with Crippen LogP contribution < -0.4 is 0 Å². The van der Waals surface area contributed by atoms with Gasteiger partial charge in [-0.15, -0.1) is 0 Å². The smallest absolute Gasteiger partial charge is 0.178 e. The molecular formula is C11H12O3S. The molecule has 0 saturated heterocycles. The van der Waals surface area contributed by atoms with Crippen LogP contribution in [0.15, 0.2) is 23.1 Å². The third kappa shape index (κ3) is 1.81. The van der Waals surface area contributed by atoms with Gasteiger partial charge in [0.25, 0.3) is 0 Å². The molecule has 0 N–H and O–H groups in total. The lowest BCUT2D eigenvalue weighted by Crippen LogP contribution is -2.04. The molecule has 0 fully saturated rings. The Kier molecular flexibility index (Phi) is 2.38. The fourth-order valence-corrected chi connectivity index (χ4v) is 2.72. The van der Waals surface area contributed by atoms with Crippen LogP contribution in [0.2, 0.25) is 0 Å². The average molecular weight is 224 g/mol. The molecule has 0 bridgehead atoms. The van der Waals surface area contributed by atoms with E-state index < -0.39 is 9.84 Å². The number of sulfone groups is 1. The number of ketones is 1. The van der Waals surface area contributed by atoms with Crippen LogP contribution in [0, 0.1) is 0 Å². The van der Waals surface area contributed by atoms with Crippen molar-refractivity contribution in [1.82, 2.24) is 0 Å². The highest BCUT2D eigenvalue weighted by Crippen LogP contribution is 2.23. The number of Topliss-reactive ketones (excluding diaryl/α,β-unsaturated/α-hetero) is 1. The highest BCUT2D eigenvalue weighted by atomic mass is 32.2. The van der Waals surface area contributed by atoms with Crippen molar-refractivity contribution in [2.45, 2.75) is 24.7 Å². The van der Waals surface area contributed by atoms with Gasteiger partial charge in [0.15, 0.2) is 9.84 Å². The Hall–Kier alpha value is -1.16. The van der Waals surface area contributed by atoms with Crippen molar-refractivity contribution in [3.05, 3.63) is 29.3 Å². The van der Waals surface area contributed by atoms with Crippen LogP contribution in [-0.4, -0.2) is 20.0 Å². The minimum atomic E-state index is -3.15. The van der Waals surface area contributed by atoms with Crippen LogP contribution in [-0.2, 0) is 27.5 Å². The maximum absolute atomic E-state index is 11.6. The molecule has 4 heteroatoms. The van der Waals surface area contributed by atoms with Gasteiger partial charge in [0.2, 0.25) is 0 Å². The molecule has 80 valence electrons. The van der Waals surface area contributed by atoms with E-state index in [4.69, 9.17) is 0 Å². The molecule has 1 aromatic rings. The maximum Gasteiger partial charge on any atom is 0.178 e. The Labute approximate surface area is 89.0 Å². The van der Waals surface area contributed by atoms with Gasteiger partial charge in [0.1, 0.15) is 5.78 Å². The second-order valence-electron chi connectivity index (χ2n) is 3.73. The van der Waals surface area contributed by atoms with Crippen LogP contribution in [0.3, 0.4) is 0 Å². The zero-order valence-corrected chi connectivity index (χ0v) is 9.30. The molecule has 0 spiro atoms. The summed E-state index contributed by atoms with van der Waals surface area (Å²) in [6.45, 7) is 1.62. The van der Waals surface area contributed by atoms with Crippen molar-refractivity contribution >= 4 is 15.6 Å². The summed E-state index contributed by atoms with van der Waals surface area (Å²) in [5.41, 5.74) is 1.84. The van der Waals surface area contributed by atoms with Gasteiger partial charge in [0, 0.05) is 12.8 Å². The first kappa shape index (κ1) is 10.4. The fraction of sp³-hybridized carbons (Fsp3) is 0.364. The molecule has 1 aliphatic carbocycles. The molecule has 15 heavy (non-hydrogen) atoms. The highest BCUT2D eigenvalue weighted by molar-refractivity contribution is 7.91. The first-order valence-electron chi connectivity index (χ1n) is 4.89. The van der Waals surface area contributed by atoms with Gasteiger partial charge in [-0.2, -0.15) is 0 Å². The van der Waals surface area contributed by atoms with E-state index in [1.54, 1.807) is 25.1 Å². The summed E-state index contributed by atoms with van der Waals surface area (Å²) in [6, 6.07) is 4.98. The third-order valence-corrected chi connectivity index (χ3v) is 4.42. The number of benzene rings is 1. The van der Waals surface area contributed by atoms with Crippen LogP contribution in [0.25, 0.3) is 0 Å². The normalized spacial score (nSPS) is 15.4. The van der Waals surface area contributed by atoms with Crippen molar-refractivity contribution < 1.29 is 13.2 Å². The summed E-state index contributed by atoms with van der Waals surface area (Å²) in [5, 5.41) is 0. The van der Waals surface area contributed by atoms with Gasteiger partial charge in [-0.1, -0.05) is 13.0 Å². The van der Waals surface area contributed by atoms with E-state index in [0.717, 1.165) is 11.1 Å². The predicted octanol–water partition coefficient (Wildman–Crippen LogP) is 1.15. The van der Waals surface area contributed by atoms with Crippen LogP contribution in [0.5, 0.6) is 0 Å². The van der Waals surface area contributed by atoms with E-state index in [0.29, 0.717) is 17.7 Å². The van der Waals surface area contributed by atoms with E-state index in [1.807, 2.05) is 0 Å². The Balaban J connectivity index is 2.48. The van der Waals surface area contributed by atoms with Crippen molar-refractivity contribution in [2.24, 2.45) is 0 Å². The van der Waals surface area contributed by atoms with Crippen molar-refractivity contribution in [3.63, 3.8) is 0 Å². The molecule has 0 saturated carbocycles. The average Bonchev–Trinajstić information content (AvgIpc) is 2.56. The molecule has 0 radical (unpaired) electrons. The Morgan fingerprint density at radius 2 is 1.87 bits per heavy atom. The minimum absolute atomic E-state index is 0.0970. The first-order chi connectivity index (χ1) is 7.03. The quantitative estimate of drug-likeness (QED) is 0.757. The molecule has 2 rings (SSSR count). The number of hydrogen-bond donors (Lipinski definition) is 0. The van der Waals surface area contributed by atoms with E-state index in [2.05, 4.69) is 0 Å². The molecule has 3 nitrogen and oxygen atoms in total. The Morgan fingerprint density at radius 3 is 2.53 bits per heavy atom. The van der Waals surface area contributed by atoms with Crippen molar-refractivity contribution in [1.29, 1.82) is 0 Å². The van der Waals surface area contributed by atoms with Crippen LogP contribution in [0.4, 0.5) is 0 Å². The number of fused-ring (bicyclic) bond motifs is 1. The van der Waals surface area contributed by atoms with Gasteiger partial charge in [-0.25, -0.2) is 8.42 Å².